The van der Waals surface area contributed by atoms with Gasteiger partial charge in [0.15, 0.2) is 0 Å². The fourth-order valence-corrected chi connectivity index (χ4v) is 2.59. The topological polar surface area (TPSA) is 92.4 Å². The number of hydrogen-bond acceptors (Lipinski definition) is 4. The Balaban J connectivity index is 2.90. The van der Waals surface area contributed by atoms with Gasteiger partial charge in [-0.25, -0.2) is 13.1 Å². The van der Waals surface area contributed by atoms with E-state index in [1.807, 2.05) is 0 Å². The molecule has 1 rings (SSSR count). The van der Waals surface area contributed by atoms with Gasteiger partial charge in [-0.1, -0.05) is 6.92 Å². The fourth-order valence-electron chi connectivity index (χ4n) is 1.15. The van der Waals surface area contributed by atoms with Gasteiger partial charge >= 0.3 is 0 Å². The SMILES string of the molecule is CCC(C)(O)CNS(=O)(=O)c1ccc(Br)c(N)c1. The molecule has 0 bridgehead atoms. The van der Waals surface area contributed by atoms with Crippen molar-refractivity contribution < 1.29 is 13.5 Å². The van der Waals surface area contributed by atoms with Gasteiger partial charge in [-0.15, -0.1) is 0 Å². The summed E-state index contributed by atoms with van der Waals surface area (Å²) in [4.78, 5) is 0.0788. The number of aliphatic hydroxyl groups is 1. The second kappa shape index (κ2) is 5.56. The van der Waals surface area contributed by atoms with Crippen LogP contribution < -0.4 is 10.5 Å². The highest BCUT2D eigenvalue weighted by Gasteiger charge is 2.22. The van der Waals surface area contributed by atoms with Gasteiger partial charge in [-0.2, -0.15) is 0 Å². The van der Waals surface area contributed by atoms with Gasteiger partial charge in [0.05, 0.1) is 10.5 Å². The van der Waals surface area contributed by atoms with Crippen LogP contribution in [0, 0.1) is 0 Å². The zero-order chi connectivity index (χ0) is 14.0. The predicted octanol–water partition coefficient (Wildman–Crippen LogP) is 1.47. The summed E-state index contributed by atoms with van der Waals surface area (Å²) in [6.45, 7) is 3.32. The van der Waals surface area contributed by atoms with Crippen LogP contribution in [-0.2, 0) is 10.0 Å². The predicted molar refractivity (Wildman–Crippen MR) is 74.7 cm³/mol. The molecule has 0 spiro atoms. The van der Waals surface area contributed by atoms with E-state index in [0.29, 0.717) is 16.6 Å². The smallest absolute Gasteiger partial charge is 0.240 e. The minimum atomic E-state index is -3.65. The minimum Gasteiger partial charge on any atom is -0.398 e. The molecule has 1 aromatic rings. The fraction of sp³-hybridized carbons (Fsp3) is 0.455. The zero-order valence-electron chi connectivity index (χ0n) is 10.3. The van der Waals surface area contributed by atoms with Crippen LogP contribution >= 0.6 is 15.9 Å². The van der Waals surface area contributed by atoms with Gasteiger partial charge in [-0.3, -0.25) is 0 Å². The third-order valence-corrected chi connectivity index (χ3v) is 4.80. The Morgan fingerprint density at radius 1 is 1.50 bits per heavy atom. The Hall–Kier alpha value is -0.630. The highest BCUT2D eigenvalue weighted by molar-refractivity contribution is 9.10. The molecule has 0 aromatic heterocycles. The molecule has 0 aliphatic heterocycles. The molecule has 7 heteroatoms. The molecule has 0 aliphatic rings. The number of halogens is 1. The first-order valence-corrected chi connectivity index (χ1v) is 7.72. The van der Waals surface area contributed by atoms with E-state index in [1.165, 1.54) is 12.1 Å². The van der Waals surface area contributed by atoms with Crippen LogP contribution in [0.3, 0.4) is 0 Å². The van der Waals surface area contributed by atoms with E-state index < -0.39 is 15.6 Å². The summed E-state index contributed by atoms with van der Waals surface area (Å²) in [5.41, 5.74) is 4.92. The molecular weight excluding hydrogens is 320 g/mol. The molecular formula is C11H17BrN2O3S. The second-order valence-corrected chi connectivity index (χ2v) is 6.98. The highest BCUT2D eigenvalue weighted by Crippen LogP contribution is 2.22. The van der Waals surface area contributed by atoms with E-state index in [4.69, 9.17) is 5.73 Å². The van der Waals surface area contributed by atoms with Crippen molar-refractivity contribution >= 4 is 31.6 Å². The molecule has 18 heavy (non-hydrogen) atoms. The Labute approximate surface area is 116 Å². The molecule has 4 N–H and O–H groups in total. The zero-order valence-corrected chi connectivity index (χ0v) is 12.7. The Kier molecular flexibility index (Phi) is 4.77. The number of benzene rings is 1. The summed E-state index contributed by atoms with van der Waals surface area (Å²) < 4.78 is 26.9. The quantitative estimate of drug-likeness (QED) is 0.710. The van der Waals surface area contributed by atoms with Crippen LogP contribution in [0.15, 0.2) is 27.6 Å². The first-order chi connectivity index (χ1) is 8.18. The molecule has 0 fully saturated rings. The number of nitrogens with two attached hydrogens (primary N) is 1. The molecule has 102 valence electrons. The number of hydrogen-bond donors (Lipinski definition) is 3. The van der Waals surface area contributed by atoms with Crippen molar-refractivity contribution in [2.24, 2.45) is 0 Å². The van der Waals surface area contributed by atoms with Crippen molar-refractivity contribution in [3.63, 3.8) is 0 Å². The molecule has 0 aliphatic carbocycles. The van der Waals surface area contributed by atoms with Crippen molar-refractivity contribution in [3.05, 3.63) is 22.7 Å². The van der Waals surface area contributed by atoms with Crippen molar-refractivity contribution in [1.29, 1.82) is 0 Å². The molecule has 0 heterocycles. The number of sulfonamides is 1. The lowest BCUT2D eigenvalue weighted by molar-refractivity contribution is 0.0613. The maximum atomic E-state index is 12.0. The average Bonchev–Trinajstić information content (AvgIpc) is 2.30. The van der Waals surface area contributed by atoms with Crippen LogP contribution in [0.2, 0.25) is 0 Å². The lowest BCUT2D eigenvalue weighted by Crippen LogP contribution is -2.40. The van der Waals surface area contributed by atoms with Crippen LogP contribution in [0.1, 0.15) is 20.3 Å². The van der Waals surface area contributed by atoms with Gasteiger partial charge in [-0.05, 0) is 47.5 Å². The first kappa shape index (κ1) is 15.4. The van der Waals surface area contributed by atoms with Crippen LogP contribution in [0.4, 0.5) is 5.69 Å². The molecule has 0 saturated carbocycles. The number of anilines is 1. The number of rotatable bonds is 5. The second-order valence-electron chi connectivity index (χ2n) is 4.36. The van der Waals surface area contributed by atoms with E-state index in [2.05, 4.69) is 20.7 Å². The third kappa shape index (κ3) is 3.94. The summed E-state index contributed by atoms with van der Waals surface area (Å²) >= 11 is 3.20. The summed E-state index contributed by atoms with van der Waals surface area (Å²) in [6.07, 6.45) is 0.456. The monoisotopic (exact) mass is 336 g/mol. The van der Waals surface area contributed by atoms with Crippen molar-refractivity contribution in [1.82, 2.24) is 4.72 Å². The lowest BCUT2D eigenvalue weighted by atomic mass is 10.1. The maximum absolute atomic E-state index is 12.0. The summed E-state index contributed by atoms with van der Waals surface area (Å²) in [6, 6.07) is 4.39. The number of nitrogen functional groups attached to an aromatic ring is 1. The van der Waals surface area contributed by atoms with E-state index in [1.54, 1.807) is 19.9 Å². The summed E-state index contributed by atoms with van der Waals surface area (Å²) in [5.74, 6) is 0. The van der Waals surface area contributed by atoms with Gasteiger partial charge in [0.25, 0.3) is 0 Å². The van der Waals surface area contributed by atoms with Crippen molar-refractivity contribution in [2.75, 3.05) is 12.3 Å². The van der Waals surface area contributed by atoms with E-state index in [9.17, 15) is 13.5 Å². The Bertz CT molecular complexity index is 529. The summed E-state index contributed by atoms with van der Waals surface area (Å²) in [7, 11) is -3.65. The normalized spacial score (nSPS) is 15.3. The van der Waals surface area contributed by atoms with Crippen LogP contribution in [-0.4, -0.2) is 25.7 Å². The summed E-state index contributed by atoms with van der Waals surface area (Å²) in [5, 5.41) is 9.77. The maximum Gasteiger partial charge on any atom is 0.240 e. The van der Waals surface area contributed by atoms with E-state index in [-0.39, 0.29) is 11.4 Å². The van der Waals surface area contributed by atoms with Gasteiger partial charge in [0.1, 0.15) is 0 Å². The largest absolute Gasteiger partial charge is 0.398 e. The Morgan fingerprint density at radius 3 is 2.61 bits per heavy atom. The molecule has 0 amide bonds. The Morgan fingerprint density at radius 2 is 2.11 bits per heavy atom. The van der Waals surface area contributed by atoms with E-state index in [0.717, 1.165) is 0 Å². The minimum absolute atomic E-state index is 0.0399. The molecule has 0 saturated heterocycles. The lowest BCUT2D eigenvalue weighted by Gasteiger charge is -2.21. The standard InChI is InChI=1S/C11H17BrN2O3S/c1-3-11(2,15)7-14-18(16,17)8-4-5-9(12)10(13)6-8/h4-6,14-15H,3,7,13H2,1-2H3. The van der Waals surface area contributed by atoms with Gasteiger partial charge < -0.3 is 10.8 Å². The van der Waals surface area contributed by atoms with E-state index >= 15 is 0 Å². The molecule has 1 atom stereocenters. The number of nitrogens with one attached hydrogen (secondary N) is 1. The average molecular weight is 337 g/mol. The molecule has 1 aromatic carbocycles. The molecule has 1 unspecified atom stereocenters. The first-order valence-electron chi connectivity index (χ1n) is 5.45. The van der Waals surface area contributed by atoms with Crippen molar-refractivity contribution in [3.8, 4) is 0 Å². The van der Waals surface area contributed by atoms with Gasteiger partial charge in [0.2, 0.25) is 10.0 Å². The van der Waals surface area contributed by atoms with Crippen LogP contribution in [0.25, 0.3) is 0 Å². The molecule has 0 radical (unpaired) electrons. The van der Waals surface area contributed by atoms with Gasteiger partial charge in [0, 0.05) is 16.7 Å². The molecule has 5 nitrogen and oxygen atoms in total. The third-order valence-electron chi connectivity index (χ3n) is 2.68. The van der Waals surface area contributed by atoms with Crippen LogP contribution in [0.5, 0.6) is 0 Å². The van der Waals surface area contributed by atoms with Crippen molar-refractivity contribution in [2.45, 2.75) is 30.8 Å². The highest BCUT2D eigenvalue weighted by atomic mass is 79.9.